The van der Waals surface area contributed by atoms with Gasteiger partial charge in [-0.05, 0) is 127 Å². The molecule has 2 heteroatoms. The Morgan fingerprint density at radius 2 is 1.02 bits per heavy atom. The van der Waals surface area contributed by atoms with Crippen LogP contribution in [0.5, 0.6) is 0 Å². The van der Waals surface area contributed by atoms with E-state index in [1.54, 1.807) is 0 Å². The number of hydrogen-bond donors (Lipinski definition) is 0. The number of para-hydroxylation sites is 1. The largest absolute Gasteiger partial charge is 0.310 e. The second-order valence-corrected chi connectivity index (χ2v) is 19.6. The fraction of sp³-hybridized carbons (Fsp3) is 0.115. The SMILES string of the molecule is CC(C)(C)c1ccc(-c2ccc3c(c2)C(C)(C)c2ccc(-c4ccccc4N(c4ccc(-c5cccc6sc7ccccc7c56)cc4)c4cccc(-c5ccccc5)c4)cc2-3)cc1. The molecule has 0 radical (unpaired) electrons. The summed E-state index contributed by atoms with van der Waals surface area (Å²) in [5, 5.41) is 2.65. The molecule has 63 heavy (non-hydrogen) atoms. The zero-order valence-corrected chi connectivity index (χ0v) is 37.3. The van der Waals surface area contributed by atoms with Crippen LogP contribution >= 0.6 is 11.3 Å². The molecule has 0 aliphatic heterocycles. The Labute approximate surface area is 375 Å². The molecule has 304 valence electrons. The van der Waals surface area contributed by atoms with Gasteiger partial charge in [-0.25, -0.2) is 0 Å². The van der Waals surface area contributed by atoms with E-state index in [9.17, 15) is 0 Å². The van der Waals surface area contributed by atoms with Gasteiger partial charge in [0, 0.05) is 42.5 Å². The van der Waals surface area contributed by atoms with Crippen LogP contribution < -0.4 is 4.90 Å². The maximum absolute atomic E-state index is 2.44. The molecule has 10 aromatic rings. The molecular weight excluding hydrogens is 779 g/mol. The van der Waals surface area contributed by atoms with Crippen LogP contribution in [-0.2, 0) is 10.8 Å². The molecule has 0 unspecified atom stereocenters. The Kier molecular flexibility index (Phi) is 9.33. The molecule has 0 bridgehead atoms. The maximum atomic E-state index is 2.44. The van der Waals surface area contributed by atoms with Gasteiger partial charge in [-0.3, -0.25) is 0 Å². The Hall–Kier alpha value is -7.00. The summed E-state index contributed by atoms with van der Waals surface area (Å²) < 4.78 is 2.64. The van der Waals surface area contributed by atoms with Crippen molar-refractivity contribution in [2.45, 2.75) is 45.4 Å². The fourth-order valence-corrected chi connectivity index (χ4v) is 11.0. The van der Waals surface area contributed by atoms with Gasteiger partial charge < -0.3 is 4.90 Å². The van der Waals surface area contributed by atoms with Crippen molar-refractivity contribution in [1.29, 1.82) is 0 Å². The van der Waals surface area contributed by atoms with Gasteiger partial charge in [0.1, 0.15) is 0 Å². The number of thiophene rings is 1. The van der Waals surface area contributed by atoms with Crippen molar-refractivity contribution in [1.82, 2.24) is 0 Å². The van der Waals surface area contributed by atoms with Crippen LogP contribution in [0, 0.1) is 0 Å². The molecule has 0 saturated heterocycles. The van der Waals surface area contributed by atoms with E-state index in [0.717, 1.165) is 17.1 Å². The first-order valence-corrected chi connectivity index (χ1v) is 22.9. The summed E-state index contributed by atoms with van der Waals surface area (Å²) in [7, 11) is 0. The van der Waals surface area contributed by atoms with Gasteiger partial charge >= 0.3 is 0 Å². The average Bonchev–Trinajstić information content (AvgIpc) is 3.81. The Balaban J connectivity index is 1.02. The van der Waals surface area contributed by atoms with Crippen LogP contribution in [0.3, 0.4) is 0 Å². The van der Waals surface area contributed by atoms with Crippen LogP contribution in [0.15, 0.2) is 206 Å². The molecule has 1 aliphatic carbocycles. The molecule has 0 atom stereocenters. The lowest BCUT2D eigenvalue weighted by atomic mass is 9.81. The molecule has 0 spiro atoms. The van der Waals surface area contributed by atoms with Gasteiger partial charge in [0.2, 0.25) is 0 Å². The topological polar surface area (TPSA) is 3.24 Å². The molecule has 0 amide bonds. The first kappa shape index (κ1) is 38.9. The zero-order chi connectivity index (χ0) is 42.9. The summed E-state index contributed by atoms with van der Waals surface area (Å²) in [6.07, 6.45) is 0. The van der Waals surface area contributed by atoms with Gasteiger partial charge in [0.05, 0.1) is 5.69 Å². The van der Waals surface area contributed by atoms with E-state index in [1.807, 2.05) is 11.3 Å². The quantitative estimate of drug-likeness (QED) is 0.155. The smallest absolute Gasteiger partial charge is 0.0540 e. The third-order valence-corrected chi connectivity index (χ3v) is 14.4. The molecule has 9 aromatic carbocycles. The predicted octanol–water partition coefficient (Wildman–Crippen LogP) is 17.8. The van der Waals surface area contributed by atoms with Crippen molar-refractivity contribution in [2.75, 3.05) is 4.90 Å². The molecule has 1 aromatic heterocycles. The van der Waals surface area contributed by atoms with Gasteiger partial charge in [-0.1, -0.05) is 186 Å². The number of fused-ring (bicyclic) bond motifs is 6. The second-order valence-electron chi connectivity index (χ2n) is 18.6. The highest BCUT2D eigenvalue weighted by atomic mass is 32.1. The Morgan fingerprint density at radius 3 is 1.83 bits per heavy atom. The number of rotatable bonds is 7. The average molecular weight is 828 g/mol. The summed E-state index contributed by atoms with van der Waals surface area (Å²) in [6.45, 7) is 11.6. The molecular formula is C61H49NS. The third kappa shape index (κ3) is 6.78. The monoisotopic (exact) mass is 827 g/mol. The van der Waals surface area contributed by atoms with Crippen LogP contribution in [0.4, 0.5) is 17.1 Å². The van der Waals surface area contributed by atoms with E-state index in [-0.39, 0.29) is 10.8 Å². The van der Waals surface area contributed by atoms with E-state index in [0.29, 0.717) is 0 Å². The summed E-state index contributed by atoms with van der Waals surface area (Å²) >= 11 is 1.87. The first-order valence-electron chi connectivity index (χ1n) is 22.1. The number of anilines is 3. The zero-order valence-electron chi connectivity index (χ0n) is 36.5. The summed E-state index contributed by atoms with van der Waals surface area (Å²) in [5.41, 5.74) is 19.9. The van der Waals surface area contributed by atoms with Crippen molar-refractivity contribution in [2.24, 2.45) is 0 Å². The van der Waals surface area contributed by atoms with Crippen LogP contribution in [-0.4, -0.2) is 0 Å². The molecule has 1 nitrogen and oxygen atoms in total. The molecule has 1 heterocycles. The standard InChI is InChI=1S/C61H49NS/c1-60(2,3)46-31-25-41(26-32-46)44-29-35-51-53-38-45(30-36-54(53)61(4,5)55(51)39-44)49-19-9-11-22-56(49)62(48-18-13-17-43(37-48)40-15-7-6-8-16-40)47-33-27-42(28-34-47)50-21-14-24-58-59(50)52-20-10-12-23-57(52)63-58/h6-39H,1-5H3. The van der Waals surface area contributed by atoms with Crippen molar-refractivity contribution in [3.05, 3.63) is 223 Å². The van der Waals surface area contributed by atoms with E-state index in [4.69, 9.17) is 0 Å². The second kappa shape index (κ2) is 15.1. The van der Waals surface area contributed by atoms with Gasteiger partial charge in [-0.2, -0.15) is 0 Å². The first-order chi connectivity index (χ1) is 30.6. The number of benzene rings is 9. The Bertz CT molecular complexity index is 3330. The van der Waals surface area contributed by atoms with Crippen molar-refractivity contribution < 1.29 is 0 Å². The van der Waals surface area contributed by atoms with E-state index in [2.05, 4.69) is 246 Å². The summed E-state index contributed by atoms with van der Waals surface area (Å²) in [4.78, 5) is 2.44. The van der Waals surface area contributed by atoms with E-state index in [1.165, 1.54) is 92.5 Å². The summed E-state index contributed by atoms with van der Waals surface area (Å²) in [6, 6.07) is 76.6. The van der Waals surface area contributed by atoms with Crippen LogP contribution in [0.25, 0.3) is 75.8 Å². The molecule has 0 saturated carbocycles. The maximum Gasteiger partial charge on any atom is 0.0540 e. The lowest BCUT2D eigenvalue weighted by Gasteiger charge is -2.29. The fourth-order valence-electron chi connectivity index (χ4n) is 9.86. The molecule has 0 fully saturated rings. The minimum atomic E-state index is -0.130. The van der Waals surface area contributed by atoms with E-state index < -0.39 is 0 Å². The lowest BCUT2D eigenvalue weighted by Crippen LogP contribution is -2.15. The number of nitrogens with zero attached hydrogens (tertiary/aromatic N) is 1. The highest BCUT2D eigenvalue weighted by Crippen LogP contribution is 2.52. The molecule has 1 aliphatic rings. The highest BCUT2D eigenvalue weighted by Gasteiger charge is 2.36. The predicted molar refractivity (Wildman–Crippen MR) is 272 cm³/mol. The van der Waals surface area contributed by atoms with Gasteiger partial charge in [-0.15, -0.1) is 11.3 Å². The van der Waals surface area contributed by atoms with Crippen molar-refractivity contribution in [3.8, 4) is 55.6 Å². The number of hydrogen-bond acceptors (Lipinski definition) is 2. The Morgan fingerprint density at radius 1 is 0.397 bits per heavy atom. The minimum absolute atomic E-state index is 0.125. The minimum Gasteiger partial charge on any atom is -0.310 e. The van der Waals surface area contributed by atoms with Crippen LogP contribution in [0.2, 0.25) is 0 Å². The molecule has 11 rings (SSSR count). The highest BCUT2D eigenvalue weighted by molar-refractivity contribution is 7.25. The summed E-state index contributed by atoms with van der Waals surface area (Å²) in [5.74, 6) is 0. The third-order valence-electron chi connectivity index (χ3n) is 13.3. The lowest BCUT2D eigenvalue weighted by molar-refractivity contribution is 0.590. The molecule has 0 N–H and O–H groups in total. The van der Waals surface area contributed by atoms with Crippen molar-refractivity contribution in [3.63, 3.8) is 0 Å². The van der Waals surface area contributed by atoms with Gasteiger partial charge in [0.25, 0.3) is 0 Å². The van der Waals surface area contributed by atoms with Crippen LogP contribution in [0.1, 0.15) is 51.3 Å². The normalized spacial score (nSPS) is 13.0. The van der Waals surface area contributed by atoms with Crippen molar-refractivity contribution >= 4 is 48.6 Å². The van der Waals surface area contributed by atoms with E-state index >= 15 is 0 Å². The van der Waals surface area contributed by atoms with Gasteiger partial charge in [0.15, 0.2) is 0 Å².